The van der Waals surface area contributed by atoms with Crippen molar-refractivity contribution in [3.63, 3.8) is 0 Å². The highest BCUT2D eigenvalue weighted by Crippen LogP contribution is 2.82. The van der Waals surface area contributed by atoms with E-state index in [1.54, 1.807) is 25.7 Å². The second-order valence-corrected chi connectivity index (χ2v) is 5.65. The summed E-state index contributed by atoms with van der Waals surface area (Å²) in [4.78, 5) is 0. The van der Waals surface area contributed by atoms with Gasteiger partial charge in [-0.15, -0.1) is 0 Å². The van der Waals surface area contributed by atoms with Crippen molar-refractivity contribution in [2.24, 2.45) is 35.0 Å². The summed E-state index contributed by atoms with van der Waals surface area (Å²) in [6.07, 6.45) is 6.48. The van der Waals surface area contributed by atoms with E-state index in [9.17, 15) is 0 Å². The SMILES string of the molecule is C[C@@H]1CC2C3CC3CC3CC321. The van der Waals surface area contributed by atoms with Gasteiger partial charge in [-0.3, -0.25) is 0 Å². The fraction of sp³-hybridized carbons (Fsp3) is 1.00. The van der Waals surface area contributed by atoms with E-state index >= 15 is 0 Å². The highest BCUT2D eigenvalue weighted by molar-refractivity contribution is 5.23. The van der Waals surface area contributed by atoms with Crippen LogP contribution < -0.4 is 0 Å². The molecule has 0 aromatic heterocycles. The number of fused-ring (bicyclic) bond motifs is 2. The lowest BCUT2D eigenvalue weighted by molar-refractivity contribution is 0.00252. The summed E-state index contributed by atoms with van der Waals surface area (Å²) in [5.41, 5.74) is 0.956. The molecule has 4 aliphatic rings. The second kappa shape index (κ2) is 1.30. The van der Waals surface area contributed by atoms with Crippen molar-refractivity contribution in [2.45, 2.75) is 32.6 Å². The van der Waals surface area contributed by atoms with Gasteiger partial charge in [0.25, 0.3) is 0 Å². The molecule has 0 heteroatoms. The predicted octanol–water partition coefficient (Wildman–Crippen LogP) is 2.69. The van der Waals surface area contributed by atoms with Gasteiger partial charge in [-0.25, -0.2) is 0 Å². The van der Waals surface area contributed by atoms with Crippen molar-refractivity contribution in [2.75, 3.05) is 0 Å². The van der Waals surface area contributed by atoms with Crippen LogP contribution in [-0.4, -0.2) is 0 Å². The summed E-state index contributed by atoms with van der Waals surface area (Å²) >= 11 is 0. The Bertz CT molecular complexity index is 232. The van der Waals surface area contributed by atoms with Gasteiger partial charge in [0.05, 0.1) is 0 Å². The Hall–Kier alpha value is 0. The molecule has 0 nitrogen and oxygen atoms in total. The molecule has 4 aliphatic carbocycles. The van der Waals surface area contributed by atoms with Gasteiger partial charge in [-0.05, 0) is 60.7 Å². The van der Waals surface area contributed by atoms with E-state index in [-0.39, 0.29) is 0 Å². The molecular weight excluding hydrogens is 132 g/mol. The largest absolute Gasteiger partial charge is 0.0619 e. The quantitative estimate of drug-likeness (QED) is 0.495. The molecule has 60 valence electrons. The zero-order valence-corrected chi connectivity index (χ0v) is 7.22. The number of hydrogen-bond acceptors (Lipinski definition) is 0. The molecule has 0 radical (unpaired) electrons. The van der Waals surface area contributed by atoms with Gasteiger partial charge in [0, 0.05) is 0 Å². The maximum atomic E-state index is 2.50. The lowest BCUT2D eigenvalue weighted by Gasteiger charge is -2.48. The molecular formula is C11H16. The standard InChI is InChI=1S/C11H16/c1-6-2-10-9-4-7(9)3-8-5-11(6,8)10/h6-10H,2-5H2,1H3/t6-,7?,8?,9?,10?,11?/m1/s1. The molecule has 6 atom stereocenters. The molecule has 0 N–H and O–H groups in total. The monoisotopic (exact) mass is 148 g/mol. The third kappa shape index (κ3) is 0.421. The van der Waals surface area contributed by atoms with Crippen LogP contribution in [0.25, 0.3) is 0 Å². The maximum absolute atomic E-state index is 2.50. The molecule has 4 fully saturated rings. The van der Waals surface area contributed by atoms with Crippen LogP contribution in [0.3, 0.4) is 0 Å². The van der Waals surface area contributed by atoms with Gasteiger partial charge in [-0.1, -0.05) is 6.92 Å². The summed E-state index contributed by atoms with van der Waals surface area (Å²) in [6, 6.07) is 0. The van der Waals surface area contributed by atoms with E-state index in [1.807, 2.05) is 0 Å². The minimum Gasteiger partial charge on any atom is -0.0619 e. The Morgan fingerprint density at radius 2 is 2.09 bits per heavy atom. The average molecular weight is 148 g/mol. The first kappa shape index (κ1) is 5.61. The molecule has 1 spiro atoms. The summed E-state index contributed by atoms with van der Waals surface area (Å²) in [5, 5.41) is 0. The third-order valence-corrected chi connectivity index (χ3v) is 5.50. The minimum atomic E-state index is 0.956. The zero-order valence-electron chi connectivity index (χ0n) is 7.22. The van der Waals surface area contributed by atoms with E-state index < -0.39 is 0 Å². The summed E-state index contributed by atoms with van der Waals surface area (Å²) < 4.78 is 0. The molecule has 11 heavy (non-hydrogen) atoms. The van der Waals surface area contributed by atoms with Crippen LogP contribution in [0, 0.1) is 35.0 Å². The molecule has 0 aromatic carbocycles. The average Bonchev–Trinajstić information content (AvgIpc) is 2.78. The molecule has 0 aromatic rings. The first-order chi connectivity index (χ1) is 5.32. The van der Waals surface area contributed by atoms with Crippen molar-refractivity contribution in [1.29, 1.82) is 0 Å². The first-order valence-corrected chi connectivity index (χ1v) is 5.32. The van der Waals surface area contributed by atoms with Gasteiger partial charge >= 0.3 is 0 Å². The van der Waals surface area contributed by atoms with E-state index in [0.29, 0.717) is 0 Å². The summed E-state index contributed by atoms with van der Waals surface area (Å²) in [7, 11) is 0. The van der Waals surface area contributed by atoms with Crippen LogP contribution >= 0.6 is 0 Å². The fourth-order valence-corrected chi connectivity index (χ4v) is 4.73. The van der Waals surface area contributed by atoms with Crippen molar-refractivity contribution in [3.8, 4) is 0 Å². The third-order valence-electron chi connectivity index (χ3n) is 5.50. The second-order valence-electron chi connectivity index (χ2n) is 5.65. The van der Waals surface area contributed by atoms with Gasteiger partial charge in [-0.2, -0.15) is 0 Å². The summed E-state index contributed by atoms with van der Waals surface area (Å²) in [6.45, 7) is 2.50. The Labute approximate surface area is 68.4 Å². The van der Waals surface area contributed by atoms with Gasteiger partial charge in [0.2, 0.25) is 0 Å². The number of rotatable bonds is 0. The van der Waals surface area contributed by atoms with E-state index in [0.717, 1.165) is 11.3 Å². The highest BCUT2D eigenvalue weighted by Gasteiger charge is 2.75. The van der Waals surface area contributed by atoms with Crippen LogP contribution in [-0.2, 0) is 0 Å². The Balaban J connectivity index is 1.76. The fourth-order valence-electron chi connectivity index (χ4n) is 4.73. The van der Waals surface area contributed by atoms with Crippen LogP contribution in [0.15, 0.2) is 0 Å². The number of hydrogen-bond donors (Lipinski definition) is 0. The van der Waals surface area contributed by atoms with Crippen molar-refractivity contribution in [1.82, 2.24) is 0 Å². The van der Waals surface area contributed by atoms with Crippen LogP contribution in [0.5, 0.6) is 0 Å². The van der Waals surface area contributed by atoms with Crippen LogP contribution in [0.1, 0.15) is 32.6 Å². The van der Waals surface area contributed by atoms with Crippen molar-refractivity contribution >= 4 is 0 Å². The molecule has 4 saturated carbocycles. The molecule has 5 unspecified atom stereocenters. The lowest BCUT2D eigenvalue weighted by Crippen LogP contribution is -2.42. The summed E-state index contributed by atoms with van der Waals surface area (Å²) in [5.74, 6) is 5.98. The van der Waals surface area contributed by atoms with Gasteiger partial charge in [0.15, 0.2) is 0 Å². The van der Waals surface area contributed by atoms with Gasteiger partial charge in [0.1, 0.15) is 0 Å². The molecule has 0 aliphatic heterocycles. The Kier molecular flexibility index (Phi) is 0.661. The van der Waals surface area contributed by atoms with Gasteiger partial charge < -0.3 is 0 Å². The topological polar surface area (TPSA) is 0 Å². The normalized spacial score (nSPS) is 75.5. The Morgan fingerprint density at radius 3 is 2.91 bits per heavy atom. The molecule has 0 heterocycles. The maximum Gasteiger partial charge on any atom is -0.0209 e. The minimum absolute atomic E-state index is 0.956. The lowest BCUT2D eigenvalue weighted by atomic mass is 9.57. The van der Waals surface area contributed by atoms with Crippen molar-refractivity contribution in [3.05, 3.63) is 0 Å². The van der Waals surface area contributed by atoms with E-state index in [4.69, 9.17) is 0 Å². The zero-order chi connectivity index (χ0) is 7.22. The van der Waals surface area contributed by atoms with Crippen LogP contribution in [0.4, 0.5) is 0 Å². The van der Waals surface area contributed by atoms with E-state index in [1.165, 1.54) is 23.7 Å². The first-order valence-electron chi connectivity index (χ1n) is 5.32. The molecule has 4 rings (SSSR count). The van der Waals surface area contributed by atoms with Crippen LogP contribution in [0.2, 0.25) is 0 Å². The Morgan fingerprint density at radius 1 is 1.18 bits per heavy atom. The molecule has 0 amide bonds. The predicted molar refractivity (Wildman–Crippen MR) is 44.0 cm³/mol. The smallest absolute Gasteiger partial charge is 0.0209 e. The van der Waals surface area contributed by atoms with E-state index in [2.05, 4.69) is 6.92 Å². The molecule has 0 bridgehead atoms. The van der Waals surface area contributed by atoms with Crippen molar-refractivity contribution < 1.29 is 0 Å². The highest BCUT2D eigenvalue weighted by atomic mass is 14.8. The molecule has 0 saturated heterocycles.